The summed E-state index contributed by atoms with van der Waals surface area (Å²) in [6.45, 7) is 1.97. The van der Waals surface area contributed by atoms with Gasteiger partial charge in [0.2, 0.25) is 0 Å². The topological polar surface area (TPSA) is 44.5 Å². The lowest BCUT2D eigenvalue weighted by Gasteiger charge is -2.07. The fourth-order valence-electron chi connectivity index (χ4n) is 2.32. The number of nitrogens with one attached hydrogen (secondary N) is 1. The van der Waals surface area contributed by atoms with Gasteiger partial charge in [-0.05, 0) is 42.9 Å². The van der Waals surface area contributed by atoms with Crippen LogP contribution in [0, 0.1) is 28.8 Å². The first kappa shape index (κ1) is 12.6. The minimum atomic E-state index is -0.547. The van der Waals surface area contributed by atoms with E-state index in [1.165, 1.54) is 6.07 Å². The van der Waals surface area contributed by atoms with Gasteiger partial charge >= 0.3 is 0 Å². The highest BCUT2D eigenvalue weighted by Gasteiger charge is 2.14. The Labute approximate surface area is 119 Å². The lowest BCUT2D eigenvalue weighted by atomic mass is 10.1. The summed E-state index contributed by atoms with van der Waals surface area (Å²) in [5, 5.41) is 9.17. The molecule has 0 aliphatic heterocycles. The maximum absolute atomic E-state index is 13.8. The van der Waals surface area contributed by atoms with Crippen LogP contribution in [0.1, 0.15) is 11.1 Å². The van der Waals surface area contributed by atoms with Gasteiger partial charge in [-0.3, -0.25) is 4.57 Å². The fourth-order valence-corrected chi connectivity index (χ4v) is 2.62. The van der Waals surface area contributed by atoms with E-state index in [9.17, 15) is 4.39 Å². The van der Waals surface area contributed by atoms with Gasteiger partial charge in [-0.1, -0.05) is 18.2 Å². The van der Waals surface area contributed by atoms with Gasteiger partial charge in [-0.2, -0.15) is 5.26 Å². The summed E-state index contributed by atoms with van der Waals surface area (Å²) in [7, 11) is 0. The zero-order chi connectivity index (χ0) is 14.3. The van der Waals surface area contributed by atoms with E-state index in [2.05, 4.69) is 4.98 Å². The maximum atomic E-state index is 13.8. The van der Waals surface area contributed by atoms with E-state index in [1.807, 2.05) is 31.2 Å². The standard InChI is InChI=1S/C15H10FN3S/c1-9-4-2-7-13-14(9)18-15(20)19(13)12-6-3-5-11(16)10(12)8-17/h2-7H,1H3,(H,18,20). The summed E-state index contributed by atoms with van der Waals surface area (Å²) in [6, 6.07) is 12.2. The van der Waals surface area contributed by atoms with Crippen LogP contribution in [-0.4, -0.2) is 9.55 Å². The predicted molar refractivity (Wildman–Crippen MR) is 77.9 cm³/mol. The average molecular weight is 283 g/mol. The molecule has 0 saturated heterocycles. The molecule has 0 aliphatic rings. The maximum Gasteiger partial charge on any atom is 0.182 e. The SMILES string of the molecule is Cc1cccc2c1[nH]c(=S)n2-c1cccc(F)c1C#N. The number of aromatic nitrogens is 2. The summed E-state index contributed by atoms with van der Waals surface area (Å²) in [6.07, 6.45) is 0. The normalized spacial score (nSPS) is 10.7. The minimum Gasteiger partial charge on any atom is -0.330 e. The highest BCUT2D eigenvalue weighted by atomic mass is 32.1. The first-order valence-corrected chi connectivity index (χ1v) is 6.43. The van der Waals surface area contributed by atoms with E-state index >= 15 is 0 Å². The number of para-hydroxylation sites is 1. The summed E-state index contributed by atoms with van der Waals surface area (Å²) < 4.78 is 15.9. The molecule has 0 amide bonds. The Morgan fingerprint density at radius 3 is 2.75 bits per heavy atom. The van der Waals surface area contributed by atoms with Crippen LogP contribution < -0.4 is 0 Å². The number of hydrogen-bond donors (Lipinski definition) is 1. The van der Waals surface area contributed by atoms with Crippen molar-refractivity contribution in [1.29, 1.82) is 5.26 Å². The lowest BCUT2D eigenvalue weighted by Crippen LogP contribution is -1.99. The highest BCUT2D eigenvalue weighted by molar-refractivity contribution is 7.71. The zero-order valence-electron chi connectivity index (χ0n) is 10.6. The Hall–Kier alpha value is -2.45. The van der Waals surface area contributed by atoms with Crippen molar-refractivity contribution in [2.45, 2.75) is 6.92 Å². The second kappa shape index (κ2) is 4.58. The number of rotatable bonds is 1. The van der Waals surface area contributed by atoms with Crippen molar-refractivity contribution in [3.05, 3.63) is 58.1 Å². The Bertz CT molecular complexity index is 915. The molecule has 0 aliphatic carbocycles. The molecule has 20 heavy (non-hydrogen) atoms. The van der Waals surface area contributed by atoms with E-state index in [4.69, 9.17) is 17.5 Å². The number of aromatic amines is 1. The van der Waals surface area contributed by atoms with Gasteiger partial charge in [0.1, 0.15) is 17.4 Å². The largest absolute Gasteiger partial charge is 0.330 e. The molecule has 0 fully saturated rings. The Balaban J connectivity index is 2.46. The van der Waals surface area contributed by atoms with E-state index in [-0.39, 0.29) is 5.56 Å². The molecular weight excluding hydrogens is 273 g/mol. The summed E-state index contributed by atoms with van der Waals surface area (Å²) in [5.74, 6) is -0.547. The molecule has 0 atom stereocenters. The molecule has 0 radical (unpaired) electrons. The smallest absolute Gasteiger partial charge is 0.182 e. The third kappa shape index (κ3) is 1.74. The number of nitriles is 1. The molecule has 0 spiro atoms. The highest BCUT2D eigenvalue weighted by Crippen LogP contribution is 2.25. The van der Waals surface area contributed by atoms with E-state index in [0.717, 1.165) is 16.6 Å². The fraction of sp³-hybridized carbons (Fsp3) is 0.0667. The van der Waals surface area contributed by atoms with E-state index < -0.39 is 5.82 Å². The molecule has 0 bridgehead atoms. The van der Waals surface area contributed by atoms with Crippen LogP contribution in [0.25, 0.3) is 16.7 Å². The van der Waals surface area contributed by atoms with Crippen molar-refractivity contribution in [1.82, 2.24) is 9.55 Å². The zero-order valence-corrected chi connectivity index (χ0v) is 11.5. The van der Waals surface area contributed by atoms with Gasteiger partial charge in [0, 0.05) is 0 Å². The second-order valence-electron chi connectivity index (χ2n) is 4.48. The van der Waals surface area contributed by atoms with Crippen LogP contribution in [0.2, 0.25) is 0 Å². The van der Waals surface area contributed by atoms with Crippen LogP contribution in [0.15, 0.2) is 36.4 Å². The van der Waals surface area contributed by atoms with Gasteiger partial charge in [0.25, 0.3) is 0 Å². The monoisotopic (exact) mass is 283 g/mol. The minimum absolute atomic E-state index is 0.00833. The van der Waals surface area contributed by atoms with Crippen molar-refractivity contribution >= 4 is 23.3 Å². The van der Waals surface area contributed by atoms with Gasteiger partial charge < -0.3 is 4.98 Å². The van der Waals surface area contributed by atoms with E-state index in [1.54, 1.807) is 16.7 Å². The molecule has 3 rings (SSSR count). The second-order valence-corrected chi connectivity index (χ2v) is 4.87. The number of hydrogen-bond acceptors (Lipinski definition) is 2. The molecule has 3 aromatic rings. The van der Waals surface area contributed by atoms with Crippen molar-refractivity contribution < 1.29 is 4.39 Å². The van der Waals surface area contributed by atoms with Crippen LogP contribution >= 0.6 is 12.2 Å². The summed E-state index contributed by atoms with van der Waals surface area (Å²) in [5.41, 5.74) is 3.21. The predicted octanol–water partition coefficient (Wildman–Crippen LogP) is 4.01. The van der Waals surface area contributed by atoms with Crippen molar-refractivity contribution in [2.75, 3.05) is 0 Å². The van der Waals surface area contributed by atoms with Crippen LogP contribution in [0.5, 0.6) is 0 Å². The number of halogens is 1. The van der Waals surface area contributed by atoms with Gasteiger partial charge in [-0.25, -0.2) is 4.39 Å². The number of imidazole rings is 1. The molecule has 1 aromatic heterocycles. The van der Waals surface area contributed by atoms with Crippen molar-refractivity contribution in [3.63, 3.8) is 0 Å². The number of fused-ring (bicyclic) bond motifs is 1. The molecule has 3 nitrogen and oxygen atoms in total. The summed E-state index contributed by atoms with van der Waals surface area (Å²) in [4.78, 5) is 3.11. The van der Waals surface area contributed by atoms with Gasteiger partial charge in [-0.15, -0.1) is 0 Å². The number of nitrogens with zero attached hydrogens (tertiary/aromatic N) is 2. The van der Waals surface area contributed by atoms with Crippen molar-refractivity contribution in [3.8, 4) is 11.8 Å². The first-order chi connectivity index (χ1) is 9.63. The molecule has 5 heteroatoms. The molecule has 1 N–H and O–H groups in total. The quantitative estimate of drug-likeness (QED) is 0.686. The molecule has 1 heterocycles. The molecule has 2 aromatic carbocycles. The third-order valence-electron chi connectivity index (χ3n) is 3.27. The van der Waals surface area contributed by atoms with E-state index in [0.29, 0.717) is 10.5 Å². The molecule has 0 unspecified atom stereocenters. The van der Waals surface area contributed by atoms with Gasteiger partial charge in [0.05, 0.1) is 16.7 Å². The average Bonchev–Trinajstić information content (AvgIpc) is 2.76. The first-order valence-electron chi connectivity index (χ1n) is 6.03. The third-order valence-corrected chi connectivity index (χ3v) is 3.56. The molecular formula is C15H10FN3S. The Kier molecular flexibility index (Phi) is 2.88. The van der Waals surface area contributed by atoms with Crippen LogP contribution in [0.3, 0.4) is 0 Å². The number of benzene rings is 2. The number of H-pyrrole nitrogens is 1. The van der Waals surface area contributed by atoms with Gasteiger partial charge in [0.15, 0.2) is 4.77 Å². The van der Waals surface area contributed by atoms with Crippen LogP contribution in [-0.2, 0) is 0 Å². The summed E-state index contributed by atoms with van der Waals surface area (Å²) >= 11 is 5.32. The lowest BCUT2D eigenvalue weighted by molar-refractivity contribution is 0.622. The number of aryl methyl sites for hydroxylation is 1. The van der Waals surface area contributed by atoms with Crippen LogP contribution in [0.4, 0.5) is 4.39 Å². The van der Waals surface area contributed by atoms with Crippen molar-refractivity contribution in [2.24, 2.45) is 0 Å². The molecule has 98 valence electrons. The molecule has 0 saturated carbocycles. The Morgan fingerprint density at radius 1 is 1.25 bits per heavy atom. The Morgan fingerprint density at radius 2 is 2.00 bits per heavy atom.